The van der Waals surface area contributed by atoms with E-state index in [9.17, 15) is 9.59 Å². The second-order valence-electron chi connectivity index (χ2n) is 1.32. The molecule has 0 saturated carbocycles. The Labute approximate surface area is 57.1 Å². The van der Waals surface area contributed by atoms with Crippen molar-refractivity contribution in [2.75, 3.05) is 6.61 Å². The molecule has 0 saturated heterocycles. The highest BCUT2D eigenvalue weighted by Gasteiger charge is 2.15. The minimum atomic E-state index is -0.549. The molecular formula is C4H6ClNO3. The molecule has 1 rings (SSSR count). The van der Waals surface area contributed by atoms with Gasteiger partial charge in [0, 0.05) is 0 Å². The van der Waals surface area contributed by atoms with Gasteiger partial charge in [-0.05, 0) is 6.92 Å². The molecule has 1 aromatic rings. The molecule has 1 aromatic heterocycles. The second kappa shape index (κ2) is 2.68. The summed E-state index contributed by atoms with van der Waals surface area (Å²) < 4.78 is 0.736. The van der Waals surface area contributed by atoms with Gasteiger partial charge in [-0.25, -0.2) is 0 Å². The Morgan fingerprint density at radius 2 is 1.89 bits per heavy atom. The molecule has 0 aliphatic heterocycles. The molecule has 0 spiro atoms. The van der Waals surface area contributed by atoms with Crippen molar-refractivity contribution in [2.24, 2.45) is 0 Å². The average Bonchev–Trinajstić information content (AvgIpc) is 2.25. The molecule has 0 unspecified atom stereocenters. The van der Waals surface area contributed by atoms with Crippen LogP contribution in [-0.4, -0.2) is 11.3 Å². The van der Waals surface area contributed by atoms with Crippen molar-refractivity contribution in [3.63, 3.8) is 0 Å². The molecule has 0 N–H and O–H groups in total. The Morgan fingerprint density at radius 1 is 1.44 bits per heavy atom. The molecule has 0 aromatic carbocycles. The van der Waals surface area contributed by atoms with Gasteiger partial charge in [0.1, 0.15) is 6.61 Å². The van der Waals surface area contributed by atoms with E-state index < -0.39 is 11.1 Å². The average molecular weight is 152 g/mol. The van der Waals surface area contributed by atoms with Gasteiger partial charge in [0.05, 0.1) is 0 Å². The number of rotatable bonds is 2. The molecule has 9 heavy (non-hydrogen) atoms. The summed E-state index contributed by atoms with van der Waals surface area (Å²) in [6, 6.07) is 0. The maximum Gasteiger partial charge on any atom is 0.355 e. The lowest BCUT2D eigenvalue weighted by Gasteiger charge is -1.87. The zero-order valence-corrected chi connectivity index (χ0v) is 5.60. The molecule has 0 fully saturated rings. The van der Waals surface area contributed by atoms with E-state index in [1.807, 2.05) is 0 Å². The number of halogens is 1. The van der Waals surface area contributed by atoms with Gasteiger partial charge in [0.25, 0.3) is 0 Å². The van der Waals surface area contributed by atoms with Crippen LogP contribution in [0.3, 0.4) is 0 Å². The Bertz CT molecular complexity index is 222. The predicted octanol–water partition coefficient (Wildman–Crippen LogP) is -1.05. The third-order valence-electron chi connectivity index (χ3n) is 0.760. The quantitative estimate of drug-likeness (QED) is 0.507. The third-order valence-corrected chi connectivity index (χ3v) is 0.760. The monoisotopic (exact) mass is 151 g/mol. The maximum absolute atomic E-state index is 10.1. The largest absolute Gasteiger partial charge is 0.407 e. The topological polar surface area (TPSA) is 48.3 Å². The minimum absolute atomic E-state index is 0. The molecule has 0 amide bonds. The van der Waals surface area contributed by atoms with E-state index in [2.05, 4.69) is 4.84 Å². The SMILES string of the molecule is CCOn1c(=O)c1=O.Cl. The minimum Gasteiger partial charge on any atom is -0.407 e. The normalized spacial score (nSPS) is 9.00. The fraction of sp³-hybridized carbons (Fsp3) is 0.500. The summed E-state index contributed by atoms with van der Waals surface area (Å²) in [5.74, 6) is 0. The molecular weight excluding hydrogens is 146 g/mol. The van der Waals surface area contributed by atoms with Crippen molar-refractivity contribution in [1.82, 2.24) is 4.73 Å². The van der Waals surface area contributed by atoms with Crippen LogP contribution in [0.2, 0.25) is 0 Å². The van der Waals surface area contributed by atoms with E-state index in [1.54, 1.807) is 6.92 Å². The maximum atomic E-state index is 10.1. The van der Waals surface area contributed by atoms with E-state index in [4.69, 9.17) is 0 Å². The van der Waals surface area contributed by atoms with E-state index >= 15 is 0 Å². The summed E-state index contributed by atoms with van der Waals surface area (Å²) in [5, 5.41) is 0. The summed E-state index contributed by atoms with van der Waals surface area (Å²) in [4.78, 5) is 24.6. The number of hydrogen-bond acceptors (Lipinski definition) is 3. The number of hydrogen-bond donors (Lipinski definition) is 0. The van der Waals surface area contributed by atoms with Crippen molar-refractivity contribution >= 4 is 12.4 Å². The fourth-order valence-electron chi connectivity index (χ4n) is 0.368. The summed E-state index contributed by atoms with van der Waals surface area (Å²) in [6.45, 7) is 2.07. The van der Waals surface area contributed by atoms with Crippen molar-refractivity contribution in [2.45, 2.75) is 6.92 Å². The van der Waals surface area contributed by atoms with Crippen molar-refractivity contribution in [3.05, 3.63) is 20.7 Å². The second-order valence-corrected chi connectivity index (χ2v) is 1.32. The predicted molar refractivity (Wildman–Crippen MR) is 33.7 cm³/mol. The van der Waals surface area contributed by atoms with Gasteiger partial charge < -0.3 is 4.84 Å². The number of nitrogens with zero attached hydrogens (tertiary/aromatic N) is 1. The lowest BCUT2D eigenvalue weighted by molar-refractivity contribution is 0.138. The fourth-order valence-corrected chi connectivity index (χ4v) is 0.368. The lowest BCUT2D eigenvalue weighted by atomic mass is 10.9. The van der Waals surface area contributed by atoms with Crippen LogP contribution in [0.4, 0.5) is 0 Å². The molecule has 5 heteroatoms. The summed E-state index contributed by atoms with van der Waals surface area (Å²) >= 11 is 0. The first kappa shape index (κ1) is 8.23. The Hall–Kier alpha value is -0.770. The van der Waals surface area contributed by atoms with Gasteiger partial charge >= 0.3 is 11.1 Å². The van der Waals surface area contributed by atoms with E-state index in [1.165, 1.54) is 0 Å². The van der Waals surface area contributed by atoms with Crippen LogP contribution in [0.15, 0.2) is 9.59 Å². The highest BCUT2D eigenvalue weighted by molar-refractivity contribution is 5.85. The number of aromatic nitrogens is 1. The summed E-state index contributed by atoms with van der Waals surface area (Å²) in [5.41, 5.74) is -1.10. The van der Waals surface area contributed by atoms with Crippen LogP contribution in [0.1, 0.15) is 6.92 Å². The first-order valence-electron chi connectivity index (χ1n) is 2.28. The molecule has 0 radical (unpaired) electrons. The van der Waals surface area contributed by atoms with Gasteiger partial charge in [-0.1, -0.05) is 4.73 Å². The van der Waals surface area contributed by atoms with Gasteiger partial charge in [-0.2, -0.15) is 0 Å². The molecule has 0 bridgehead atoms. The van der Waals surface area contributed by atoms with Gasteiger partial charge in [0.2, 0.25) is 0 Å². The summed E-state index contributed by atoms with van der Waals surface area (Å²) in [7, 11) is 0. The Kier molecular flexibility index (Phi) is 2.45. The third kappa shape index (κ3) is 1.32. The molecule has 0 aliphatic carbocycles. The highest BCUT2D eigenvalue weighted by Crippen LogP contribution is 1.61. The van der Waals surface area contributed by atoms with Crippen LogP contribution in [-0.2, 0) is 0 Å². The standard InChI is InChI=1S/C4H5NO3.ClH/c1-2-8-5-3(6)4(5)7;/h2H2,1H3;1H. The summed E-state index contributed by atoms with van der Waals surface area (Å²) in [6.07, 6.45) is 0. The van der Waals surface area contributed by atoms with Gasteiger partial charge in [-0.15, -0.1) is 12.4 Å². The smallest absolute Gasteiger partial charge is 0.355 e. The van der Waals surface area contributed by atoms with E-state index in [0.29, 0.717) is 6.61 Å². The van der Waals surface area contributed by atoms with Crippen molar-refractivity contribution in [1.29, 1.82) is 0 Å². The van der Waals surface area contributed by atoms with Crippen LogP contribution >= 0.6 is 12.4 Å². The first-order chi connectivity index (χ1) is 3.77. The van der Waals surface area contributed by atoms with Crippen molar-refractivity contribution in [3.8, 4) is 0 Å². The van der Waals surface area contributed by atoms with Crippen LogP contribution in [0.25, 0.3) is 0 Å². The van der Waals surface area contributed by atoms with E-state index in [-0.39, 0.29) is 12.4 Å². The molecule has 0 aliphatic rings. The molecule has 0 atom stereocenters. The lowest BCUT2D eigenvalue weighted by Crippen LogP contribution is -2.08. The Balaban J connectivity index is 0.000000640. The molecule has 1 heterocycles. The van der Waals surface area contributed by atoms with Crippen LogP contribution < -0.4 is 16.0 Å². The van der Waals surface area contributed by atoms with Crippen molar-refractivity contribution < 1.29 is 4.84 Å². The highest BCUT2D eigenvalue weighted by atomic mass is 35.5. The van der Waals surface area contributed by atoms with Crippen LogP contribution in [0, 0.1) is 0 Å². The first-order valence-corrected chi connectivity index (χ1v) is 2.28. The van der Waals surface area contributed by atoms with Gasteiger partial charge in [-0.3, -0.25) is 9.59 Å². The zero-order chi connectivity index (χ0) is 6.15. The zero-order valence-electron chi connectivity index (χ0n) is 4.79. The van der Waals surface area contributed by atoms with Gasteiger partial charge in [0.15, 0.2) is 0 Å². The molecule has 52 valence electrons. The van der Waals surface area contributed by atoms with E-state index in [0.717, 1.165) is 4.73 Å². The van der Waals surface area contributed by atoms with Crippen LogP contribution in [0.5, 0.6) is 0 Å². The molecule has 4 nitrogen and oxygen atoms in total. The Morgan fingerprint density at radius 3 is 2.00 bits per heavy atom.